The van der Waals surface area contributed by atoms with Crippen LogP contribution in [0, 0.1) is 5.82 Å². The van der Waals surface area contributed by atoms with Crippen molar-refractivity contribution in [1.82, 2.24) is 4.90 Å². The molecule has 0 saturated carbocycles. The molecular formula is C24H25FN2O. The number of halogens is 1. The van der Waals surface area contributed by atoms with Gasteiger partial charge in [-0.15, -0.1) is 0 Å². The number of hydrogen-bond donors (Lipinski definition) is 0. The molecule has 2 heterocycles. The van der Waals surface area contributed by atoms with E-state index < -0.39 is 0 Å². The van der Waals surface area contributed by atoms with Crippen LogP contribution in [0.4, 0.5) is 10.1 Å². The fourth-order valence-electron chi connectivity index (χ4n) is 4.62. The molecule has 3 aromatic carbocycles. The molecule has 0 N–H and O–H groups in total. The van der Waals surface area contributed by atoms with E-state index >= 15 is 0 Å². The Bertz CT molecular complexity index is 1010. The SMILES string of the molecule is CN1Cc2cc(N3CCOCC3)ccc2C(c2cc(F)c3ccccc3c2)C1. The predicted molar refractivity (Wildman–Crippen MR) is 112 cm³/mol. The second kappa shape index (κ2) is 7.19. The van der Waals surface area contributed by atoms with Crippen molar-refractivity contribution < 1.29 is 9.13 Å². The monoisotopic (exact) mass is 376 g/mol. The highest BCUT2D eigenvalue weighted by atomic mass is 19.1. The van der Waals surface area contributed by atoms with E-state index in [2.05, 4.69) is 41.1 Å². The van der Waals surface area contributed by atoms with Crippen LogP contribution in [0.5, 0.6) is 0 Å². The topological polar surface area (TPSA) is 15.7 Å². The summed E-state index contributed by atoms with van der Waals surface area (Å²) in [5.41, 5.74) is 4.99. The van der Waals surface area contributed by atoms with Crippen LogP contribution < -0.4 is 4.90 Å². The third-order valence-corrected chi connectivity index (χ3v) is 6.05. The van der Waals surface area contributed by atoms with Gasteiger partial charge in [-0.05, 0) is 47.3 Å². The van der Waals surface area contributed by atoms with Crippen LogP contribution in [-0.4, -0.2) is 44.8 Å². The standard InChI is InChI=1S/C24H25FN2O/c1-26-15-19-13-20(27-8-10-28-11-9-27)6-7-21(19)23(16-26)18-12-17-4-2-3-5-22(17)24(25)14-18/h2-7,12-14,23H,8-11,15-16H2,1H3. The molecule has 0 radical (unpaired) electrons. The number of hydrogen-bond acceptors (Lipinski definition) is 3. The molecule has 1 saturated heterocycles. The van der Waals surface area contributed by atoms with Gasteiger partial charge in [-0.1, -0.05) is 36.4 Å². The number of anilines is 1. The molecule has 28 heavy (non-hydrogen) atoms. The Morgan fingerprint density at radius 1 is 1.00 bits per heavy atom. The van der Waals surface area contributed by atoms with Crippen molar-refractivity contribution in [3.63, 3.8) is 0 Å². The molecule has 0 amide bonds. The number of likely N-dealkylation sites (N-methyl/N-ethyl adjacent to an activating group) is 1. The van der Waals surface area contributed by atoms with Gasteiger partial charge in [0.15, 0.2) is 0 Å². The van der Waals surface area contributed by atoms with Crippen molar-refractivity contribution >= 4 is 16.5 Å². The molecule has 2 aliphatic heterocycles. The zero-order valence-electron chi connectivity index (χ0n) is 16.2. The highest BCUT2D eigenvalue weighted by molar-refractivity contribution is 5.84. The summed E-state index contributed by atoms with van der Waals surface area (Å²) in [4.78, 5) is 4.73. The number of benzene rings is 3. The summed E-state index contributed by atoms with van der Waals surface area (Å²) in [7, 11) is 2.15. The normalized spacial score (nSPS) is 20.4. The minimum absolute atomic E-state index is 0.132. The molecule has 0 spiro atoms. The summed E-state index contributed by atoms with van der Waals surface area (Å²) < 4.78 is 20.2. The first-order valence-electron chi connectivity index (χ1n) is 10.0. The van der Waals surface area contributed by atoms with E-state index in [0.29, 0.717) is 5.39 Å². The molecular weight excluding hydrogens is 351 g/mol. The first-order valence-corrected chi connectivity index (χ1v) is 10.0. The molecule has 3 nitrogen and oxygen atoms in total. The quantitative estimate of drug-likeness (QED) is 0.660. The van der Waals surface area contributed by atoms with E-state index in [0.717, 1.165) is 50.3 Å². The Morgan fingerprint density at radius 3 is 2.68 bits per heavy atom. The lowest BCUT2D eigenvalue weighted by Gasteiger charge is -2.35. The van der Waals surface area contributed by atoms with E-state index in [-0.39, 0.29) is 11.7 Å². The van der Waals surface area contributed by atoms with Crippen LogP contribution in [0.1, 0.15) is 22.6 Å². The smallest absolute Gasteiger partial charge is 0.131 e. The van der Waals surface area contributed by atoms with E-state index in [1.54, 1.807) is 6.07 Å². The molecule has 144 valence electrons. The van der Waals surface area contributed by atoms with Gasteiger partial charge in [0, 0.05) is 43.2 Å². The summed E-state index contributed by atoms with van der Waals surface area (Å²) in [6, 6.07) is 18.4. The maximum absolute atomic E-state index is 14.7. The van der Waals surface area contributed by atoms with Crippen molar-refractivity contribution in [1.29, 1.82) is 0 Å². The van der Waals surface area contributed by atoms with E-state index in [9.17, 15) is 4.39 Å². The zero-order chi connectivity index (χ0) is 19.1. The predicted octanol–water partition coefficient (Wildman–Crippen LogP) is 4.39. The number of fused-ring (bicyclic) bond motifs is 2. The van der Waals surface area contributed by atoms with Crippen LogP contribution in [0.2, 0.25) is 0 Å². The average Bonchev–Trinajstić information content (AvgIpc) is 2.73. The highest BCUT2D eigenvalue weighted by Crippen LogP contribution is 2.37. The summed E-state index contributed by atoms with van der Waals surface area (Å²) in [6.07, 6.45) is 0. The Labute approximate surface area is 165 Å². The summed E-state index contributed by atoms with van der Waals surface area (Å²) in [6.45, 7) is 5.29. The third-order valence-electron chi connectivity index (χ3n) is 6.05. The largest absolute Gasteiger partial charge is 0.378 e. The van der Waals surface area contributed by atoms with Gasteiger partial charge < -0.3 is 14.5 Å². The van der Waals surface area contributed by atoms with Gasteiger partial charge in [-0.3, -0.25) is 0 Å². The Hall–Kier alpha value is -2.43. The average molecular weight is 376 g/mol. The van der Waals surface area contributed by atoms with Gasteiger partial charge in [-0.2, -0.15) is 0 Å². The van der Waals surface area contributed by atoms with Crippen LogP contribution in [-0.2, 0) is 11.3 Å². The van der Waals surface area contributed by atoms with Crippen molar-refractivity contribution in [2.75, 3.05) is 44.8 Å². The van der Waals surface area contributed by atoms with Crippen molar-refractivity contribution in [2.24, 2.45) is 0 Å². The molecule has 0 aliphatic carbocycles. The van der Waals surface area contributed by atoms with Crippen LogP contribution in [0.3, 0.4) is 0 Å². The molecule has 0 bridgehead atoms. The first kappa shape index (κ1) is 17.7. The second-order valence-corrected chi connectivity index (χ2v) is 7.96. The van der Waals surface area contributed by atoms with Gasteiger partial charge in [-0.25, -0.2) is 4.39 Å². The van der Waals surface area contributed by atoms with E-state index in [1.165, 1.54) is 16.8 Å². The molecule has 2 aliphatic rings. The number of ether oxygens (including phenoxy) is 1. The lowest BCUT2D eigenvalue weighted by atomic mass is 9.83. The van der Waals surface area contributed by atoms with Crippen molar-refractivity contribution in [3.05, 3.63) is 77.1 Å². The fourth-order valence-corrected chi connectivity index (χ4v) is 4.62. The van der Waals surface area contributed by atoms with Gasteiger partial charge >= 0.3 is 0 Å². The zero-order valence-corrected chi connectivity index (χ0v) is 16.2. The van der Waals surface area contributed by atoms with Crippen LogP contribution >= 0.6 is 0 Å². The second-order valence-electron chi connectivity index (χ2n) is 7.96. The summed E-state index contributed by atoms with van der Waals surface area (Å²) in [5, 5.41) is 1.66. The van der Waals surface area contributed by atoms with Gasteiger partial charge in [0.05, 0.1) is 13.2 Å². The molecule has 5 rings (SSSR count). The Balaban J connectivity index is 1.55. The molecule has 1 unspecified atom stereocenters. The molecule has 0 aromatic heterocycles. The maximum atomic E-state index is 14.7. The Morgan fingerprint density at radius 2 is 1.82 bits per heavy atom. The van der Waals surface area contributed by atoms with Crippen LogP contribution in [0.25, 0.3) is 10.8 Å². The fraction of sp³-hybridized carbons (Fsp3) is 0.333. The summed E-state index contributed by atoms with van der Waals surface area (Å²) in [5.74, 6) is 0.0550. The van der Waals surface area contributed by atoms with Crippen molar-refractivity contribution in [3.8, 4) is 0 Å². The van der Waals surface area contributed by atoms with E-state index in [4.69, 9.17) is 4.74 Å². The minimum atomic E-state index is -0.132. The third kappa shape index (κ3) is 3.17. The minimum Gasteiger partial charge on any atom is -0.378 e. The molecule has 1 fully saturated rings. The van der Waals surface area contributed by atoms with Gasteiger partial charge in [0.25, 0.3) is 0 Å². The molecule has 1 atom stereocenters. The maximum Gasteiger partial charge on any atom is 0.131 e. The molecule has 4 heteroatoms. The first-order chi connectivity index (χ1) is 13.7. The number of nitrogens with zero attached hydrogens (tertiary/aromatic N) is 2. The van der Waals surface area contributed by atoms with Gasteiger partial charge in [0.2, 0.25) is 0 Å². The van der Waals surface area contributed by atoms with Gasteiger partial charge in [0.1, 0.15) is 5.82 Å². The van der Waals surface area contributed by atoms with Crippen LogP contribution in [0.15, 0.2) is 54.6 Å². The van der Waals surface area contributed by atoms with E-state index in [1.807, 2.05) is 24.3 Å². The Kier molecular flexibility index (Phi) is 4.53. The number of morpholine rings is 1. The lowest BCUT2D eigenvalue weighted by molar-refractivity contribution is 0.122. The number of rotatable bonds is 2. The van der Waals surface area contributed by atoms with Crippen molar-refractivity contribution in [2.45, 2.75) is 12.5 Å². The lowest BCUT2D eigenvalue weighted by Crippen LogP contribution is -2.36. The summed E-state index contributed by atoms with van der Waals surface area (Å²) >= 11 is 0. The highest BCUT2D eigenvalue weighted by Gasteiger charge is 2.26. The molecule has 3 aromatic rings.